The van der Waals surface area contributed by atoms with Crippen LogP contribution in [0, 0.1) is 5.92 Å². The second-order valence-corrected chi connectivity index (χ2v) is 6.86. The average Bonchev–Trinajstić information content (AvgIpc) is 2.64. The molecule has 1 aliphatic rings. The molecule has 1 amide bonds. The first kappa shape index (κ1) is 23.5. The summed E-state index contributed by atoms with van der Waals surface area (Å²) >= 11 is 0. The van der Waals surface area contributed by atoms with Gasteiger partial charge in [0.15, 0.2) is 0 Å². The molecule has 7 heteroatoms. The summed E-state index contributed by atoms with van der Waals surface area (Å²) < 4.78 is 11.0. The summed E-state index contributed by atoms with van der Waals surface area (Å²) in [5.74, 6) is 1.16. The third-order valence-corrected chi connectivity index (χ3v) is 4.82. The monoisotopic (exact) mass is 400 g/mol. The van der Waals surface area contributed by atoms with Crippen molar-refractivity contribution in [2.75, 3.05) is 18.5 Å². The molecule has 0 heterocycles. The zero-order chi connectivity index (χ0) is 18.9. The molecule has 1 fully saturated rings. The Kier molecular flexibility index (Phi) is 10.5. The van der Waals surface area contributed by atoms with Crippen molar-refractivity contribution in [2.24, 2.45) is 11.7 Å². The van der Waals surface area contributed by atoms with Crippen LogP contribution in [0.1, 0.15) is 52.4 Å². The number of hydrogen-bond donors (Lipinski definition) is 3. The summed E-state index contributed by atoms with van der Waals surface area (Å²) in [6.45, 7) is 4.76. The maximum Gasteiger partial charge on any atom is 0.254 e. The van der Waals surface area contributed by atoms with Crippen LogP contribution in [-0.4, -0.2) is 36.4 Å². The van der Waals surface area contributed by atoms with Crippen LogP contribution in [0.4, 0.5) is 5.69 Å². The van der Waals surface area contributed by atoms with E-state index in [1.165, 1.54) is 19.3 Å². The molecule has 1 unspecified atom stereocenters. The second-order valence-electron chi connectivity index (χ2n) is 6.86. The zero-order valence-electron chi connectivity index (χ0n) is 16.3. The molecule has 2 atom stereocenters. The summed E-state index contributed by atoms with van der Waals surface area (Å²) in [6, 6.07) is 4.67. The first-order chi connectivity index (χ1) is 12.5. The van der Waals surface area contributed by atoms with Gasteiger partial charge in [-0.1, -0.05) is 32.1 Å². The van der Waals surface area contributed by atoms with Crippen molar-refractivity contribution >= 4 is 24.0 Å². The highest BCUT2D eigenvalue weighted by atomic mass is 35.5. The molecule has 0 aliphatic heterocycles. The number of nitrogens with one attached hydrogen (secondary N) is 1. The lowest BCUT2D eigenvalue weighted by Crippen LogP contribution is -2.44. The summed E-state index contributed by atoms with van der Waals surface area (Å²) in [4.78, 5) is 12.5. The predicted molar refractivity (Wildman–Crippen MR) is 110 cm³/mol. The summed E-state index contributed by atoms with van der Waals surface area (Å²) in [7, 11) is 0. The number of aliphatic hydroxyl groups is 1. The molecule has 2 rings (SSSR count). The molecule has 154 valence electrons. The number of halogens is 1. The fraction of sp³-hybridized carbons (Fsp3) is 0.650. The van der Waals surface area contributed by atoms with Crippen molar-refractivity contribution < 1.29 is 19.4 Å². The first-order valence-corrected chi connectivity index (χ1v) is 9.69. The van der Waals surface area contributed by atoms with E-state index in [1.54, 1.807) is 18.2 Å². The number of carbonyl (C=O) groups is 1. The SMILES string of the molecule is CCOc1ccc(OCC)c(NC(=O)C(O)[C@H](N)CC2CCCCC2)c1.Cl. The highest BCUT2D eigenvalue weighted by Gasteiger charge is 2.27. The summed E-state index contributed by atoms with van der Waals surface area (Å²) in [6.07, 6.45) is 5.38. The topological polar surface area (TPSA) is 93.8 Å². The molecule has 1 aliphatic carbocycles. The quantitative estimate of drug-likeness (QED) is 0.589. The van der Waals surface area contributed by atoms with Crippen molar-refractivity contribution in [2.45, 2.75) is 64.5 Å². The molecular weight excluding hydrogens is 368 g/mol. The van der Waals surface area contributed by atoms with Gasteiger partial charge in [-0.3, -0.25) is 4.79 Å². The van der Waals surface area contributed by atoms with Gasteiger partial charge in [0.2, 0.25) is 0 Å². The molecule has 27 heavy (non-hydrogen) atoms. The van der Waals surface area contributed by atoms with Crippen LogP contribution < -0.4 is 20.5 Å². The Morgan fingerprint density at radius 2 is 1.89 bits per heavy atom. The smallest absolute Gasteiger partial charge is 0.254 e. The Morgan fingerprint density at radius 3 is 2.52 bits per heavy atom. The molecule has 1 aromatic carbocycles. The second kappa shape index (κ2) is 12.1. The fourth-order valence-electron chi connectivity index (χ4n) is 3.48. The van der Waals surface area contributed by atoms with Gasteiger partial charge >= 0.3 is 0 Å². The van der Waals surface area contributed by atoms with Crippen molar-refractivity contribution in [3.05, 3.63) is 18.2 Å². The van der Waals surface area contributed by atoms with Gasteiger partial charge in [0, 0.05) is 12.1 Å². The van der Waals surface area contributed by atoms with Crippen molar-refractivity contribution in [3.8, 4) is 11.5 Å². The maximum absolute atomic E-state index is 12.5. The Hall–Kier alpha value is -1.50. The van der Waals surface area contributed by atoms with Gasteiger partial charge in [0.05, 0.1) is 18.9 Å². The normalized spacial score (nSPS) is 16.7. The van der Waals surface area contributed by atoms with Crippen molar-refractivity contribution in [3.63, 3.8) is 0 Å². The number of anilines is 1. The predicted octanol–water partition coefficient (Wildman–Crippen LogP) is 3.50. The van der Waals surface area contributed by atoms with Gasteiger partial charge in [-0.2, -0.15) is 0 Å². The zero-order valence-corrected chi connectivity index (χ0v) is 17.1. The molecule has 4 N–H and O–H groups in total. The van der Waals surface area contributed by atoms with E-state index in [1.807, 2.05) is 13.8 Å². The van der Waals surface area contributed by atoms with Crippen LogP contribution in [0.15, 0.2) is 18.2 Å². The van der Waals surface area contributed by atoms with Crippen molar-refractivity contribution in [1.82, 2.24) is 0 Å². The molecule has 0 spiro atoms. The third-order valence-electron chi connectivity index (χ3n) is 4.82. The van der Waals surface area contributed by atoms with Crippen LogP contribution >= 0.6 is 12.4 Å². The number of rotatable bonds is 9. The van der Waals surface area contributed by atoms with E-state index in [-0.39, 0.29) is 12.4 Å². The highest BCUT2D eigenvalue weighted by Crippen LogP contribution is 2.30. The number of aliphatic hydroxyl groups excluding tert-OH is 1. The number of benzene rings is 1. The van der Waals surface area contributed by atoms with E-state index >= 15 is 0 Å². The minimum atomic E-state index is -1.25. The largest absolute Gasteiger partial charge is 0.494 e. The van der Waals surface area contributed by atoms with E-state index in [9.17, 15) is 9.90 Å². The van der Waals surface area contributed by atoms with Gasteiger partial charge in [-0.25, -0.2) is 0 Å². The fourth-order valence-corrected chi connectivity index (χ4v) is 3.48. The lowest BCUT2D eigenvalue weighted by Gasteiger charge is -2.26. The molecule has 0 radical (unpaired) electrons. The van der Waals surface area contributed by atoms with Crippen LogP contribution in [0.5, 0.6) is 11.5 Å². The molecule has 0 saturated heterocycles. The summed E-state index contributed by atoms with van der Waals surface area (Å²) in [5.41, 5.74) is 6.59. The van der Waals surface area contributed by atoms with Crippen LogP contribution in [-0.2, 0) is 4.79 Å². The minimum absolute atomic E-state index is 0. The minimum Gasteiger partial charge on any atom is -0.494 e. The van der Waals surface area contributed by atoms with E-state index in [4.69, 9.17) is 15.2 Å². The van der Waals surface area contributed by atoms with Gasteiger partial charge < -0.3 is 25.6 Å². The Labute approximate surface area is 168 Å². The maximum atomic E-state index is 12.5. The molecule has 1 saturated carbocycles. The summed E-state index contributed by atoms with van der Waals surface area (Å²) in [5, 5.41) is 13.1. The number of hydrogen-bond acceptors (Lipinski definition) is 5. The lowest BCUT2D eigenvalue weighted by molar-refractivity contribution is -0.125. The van der Waals surface area contributed by atoms with Crippen molar-refractivity contribution in [1.29, 1.82) is 0 Å². The van der Waals surface area contributed by atoms with Gasteiger partial charge in [-0.15, -0.1) is 12.4 Å². The number of amides is 1. The Morgan fingerprint density at radius 1 is 1.22 bits per heavy atom. The van der Waals surface area contributed by atoms with E-state index < -0.39 is 18.1 Å². The van der Waals surface area contributed by atoms with E-state index in [0.29, 0.717) is 42.7 Å². The standard InChI is InChI=1S/C20H32N2O4.ClH/c1-3-25-15-10-11-18(26-4-2)17(13-15)22-20(24)19(23)16(21)12-14-8-6-5-7-9-14;/h10-11,13-14,16,19,23H,3-9,12,21H2,1-2H3,(H,22,24);1H/t16-,19?;/m1./s1. The Balaban J connectivity index is 0.00000364. The molecule has 6 nitrogen and oxygen atoms in total. The highest BCUT2D eigenvalue weighted by molar-refractivity contribution is 5.96. The third kappa shape index (κ3) is 7.20. The molecular formula is C20H33ClN2O4. The van der Waals surface area contributed by atoms with E-state index in [2.05, 4.69) is 5.32 Å². The average molecular weight is 401 g/mol. The lowest BCUT2D eigenvalue weighted by atomic mass is 9.84. The number of ether oxygens (including phenoxy) is 2. The van der Waals surface area contributed by atoms with Crippen LogP contribution in [0.3, 0.4) is 0 Å². The molecule has 1 aromatic rings. The number of carbonyl (C=O) groups excluding carboxylic acids is 1. The van der Waals surface area contributed by atoms with Gasteiger partial charge in [0.25, 0.3) is 5.91 Å². The molecule has 0 aromatic heterocycles. The van der Waals surface area contributed by atoms with Crippen LogP contribution in [0.2, 0.25) is 0 Å². The molecule has 0 bridgehead atoms. The van der Waals surface area contributed by atoms with Gasteiger partial charge in [0.1, 0.15) is 17.6 Å². The number of nitrogens with two attached hydrogens (primary N) is 1. The first-order valence-electron chi connectivity index (χ1n) is 9.69. The van der Waals surface area contributed by atoms with Crippen LogP contribution in [0.25, 0.3) is 0 Å². The van der Waals surface area contributed by atoms with Gasteiger partial charge in [-0.05, 0) is 38.3 Å². The Bertz CT molecular complexity index is 579. The van der Waals surface area contributed by atoms with E-state index in [0.717, 1.165) is 12.8 Å².